The standard InChI is InChI=1S/C17H17ClF3NO4S/c1-8(2)4-16(24,17(19,20)21)13(9-6-25-26-7-9)12-3-11-15(27-12)14(23)10(18)5-22-11/h3,5-6,8,13,24H,4,7H2,1-2H3,(H,22,23). The molecule has 0 radical (unpaired) electrons. The maximum atomic E-state index is 14.0. The number of thiophene rings is 1. The minimum absolute atomic E-state index is 0.0625. The number of hydrogen-bond donors (Lipinski definition) is 2. The van der Waals surface area contributed by atoms with Crippen LogP contribution in [0, 0.1) is 5.92 Å². The number of hydrogen-bond acceptors (Lipinski definition) is 5. The topological polar surface area (TPSA) is 71.5 Å². The summed E-state index contributed by atoms with van der Waals surface area (Å²) >= 11 is 6.68. The minimum Gasteiger partial charge on any atom is -0.380 e. The molecule has 0 spiro atoms. The molecule has 2 aromatic heterocycles. The van der Waals surface area contributed by atoms with Crippen molar-refractivity contribution in [2.75, 3.05) is 6.61 Å². The van der Waals surface area contributed by atoms with E-state index in [1.807, 2.05) is 0 Å². The molecule has 0 bridgehead atoms. The van der Waals surface area contributed by atoms with Gasteiger partial charge in [-0.1, -0.05) is 25.4 Å². The Bertz CT molecular complexity index is 936. The van der Waals surface area contributed by atoms with Gasteiger partial charge in [0.1, 0.15) is 17.9 Å². The summed E-state index contributed by atoms with van der Waals surface area (Å²) in [5, 5.41) is 10.8. The Kier molecular flexibility index (Phi) is 5.33. The highest BCUT2D eigenvalue weighted by Crippen LogP contribution is 2.51. The lowest BCUT2D eigenvalue weighted by Gasteiger charge is -2.38. The van der Waals surface area contributed by atoms with Gasteiger partial charge < -0.3 is 15.0 Å². The smallest absolute Gasteiger partial charge is 0.380 e. The zero-order chi connectivity index (χ0) is 20.0. The van der Waals surface area contributed by atoms with Crippen LogP contribution in [0.5, 0.6) is 0 Å². The Morgan fingerprint density at radius 2 is 2.11 bits per heavy atom. The third-order valence-electron chi connectivity index (χ3n) is 4.36. The average molecular weight is 424 g/mol. The third-order valence-corrected chi connectivity index (χ3v) is 5.84. The number of fused-ring (bicyclic) bond motifs is 1. The van der Waals surface area contributed by atoms with Gasteiger partial charge >= 0.3 is 6.18 Å². The van der Waals surface area contributed by atoms with Gasteiger partial charge in [0.15, 0.2) is 5.60 Å². The summed E-state index contributed by atoms with van der Waals surface area (Å²) in [4.78, 5) is 24.6. The van der Waals surface area contributed by atoms with Crippen molar-refractivity contribution in [1.82, 2.24) is 4.98 Å². The molecular formula is C17H17ClF3NO4S. The Morgan fingerprint density at radius 3 is 2.67 bits per heavy atom. The van der Waals surface area contributed by atoms with Crippen molar-refractivity contribution in [2.45, 2.75) is 38.0 Å². The predicted molar refractivity (Wildman–Crippen MR) is 95.8 cm³/mol. The number of aliphatic hydroxyl groups is 1. The van der Waals surface area contributed by atoms with E-state index in [0.717, 1.165) is 17.6 Å². The van der Waals surface area contributed by atoms with Crippen molar-refractivity contribution >= 4 is 33.2 Å². The molecule has 0 saturated heterocycles. The van der Waals surface area contributed by atoms with Crippen LogP contribution in [0.15, 0.2) is 28.9 Å². The normalized spacial score (nSPS) is 18.4. The molecule has 0 fully saturated rings. The molecule has 2 aromatic rings. The SMILES string of the molecule is CC(C)CC(O)(C(C1=COOC1)c1cc2[nH]cc(Cl)c(=O)c2s1)C(F)(F)F. The van der Waals surface area contributed by atoms with E-state index in [-0.39, 0.29) is 26.8 Å². The van der Waals surface area contributed by atoms with Crippen LogP contribution in [0.2, 0.25) is 5.02 Å². The molecule has 1 aliphatic heterocycles. The highest BCUT2D eigenvalue weighted by atomic mass is 35.5. The number of alkyl halides is 3. The number of pyridine rings is 1. The monoisotopic (exact) mass is 423 g/mol. The van der Waals surface area contributed by atoms with E-state index < -0.39 is 35.5 Å². The number of H-pyrrole nitrogens is 1. The Balaban J connectivity index is 2.23. The van der Waals surface area contributed by atoms with Crippen LogP contribution >= 0.6 is 22.9 Å². The van der Waals surface area contributed by atoms with Crippen LogP contribution in [0.4, 0.5) is 13.2 Å². The van der Waals surface area contributed by atoms with Crippen LogP contribution in [0.25, 0.3) is 10.2 Å². The van der Waals surface area contributed by atoms with Crippen LogP contribution in [-0.2, 0) is 9.78 Å². The van der Waals surface area contributed by atoms with Gasteiger partial charge in [-0.3, -0.25) is 4.79 Å². The summed E-state index contributed by atoms with van der Waals surface area (Å²) in [6, 6.07) is 1.43. The first kappa shape index (κ1) is 20.2. The molecule has 10 heteroatoms. The van der Waals surface area contributed by atoms with Crippen LogP contribution in [0.3, 0.4) is 0 Å². The van der Waals surface area contributed by atoms with E-state index >= 15 is 0 Å². The van der Waals surface area contributed by atoms with E-state index in [0.29, 0.717) is 5.52 Å². The van der Waals surface area contributed by atoms with E-state index in [1.165, 1.54) is 12.3 Å². The second-order valence-electron chi connectivity index (χ2n) is 6.86. The first-order valence-corrected chi connectivity index (χ1v) is 9.31. The second kappa shape index (κ2) is 7.12. The zero-order valence-electron chi connectivity index (χ0n) is 14.4. The van der Waals surface area contributed by atoms with Gasteiger partial charge in [-0.2, -0.15) is 18.1 Å². The highest BCUT2D eigenvalue weighted by molar-refractivity contribution is 7.19. The summed E-state index contributed by atoms with van der Waals surface area (Å²) in [6.07, 6.45) is -3.09. The quantitative estimate of drug-likeness (QED) is 0.694. The summed E-state index contributed by atoms with van der Waals surface area (Å²) in [5.74, 6) is -1.92. The fourth-order valence-corrected chi connectivity index (χ4v) is 4.78. The van der Waals surface area contributed by atoms with Crippen LogP contribution in [-0.4, -0.2) is 28.5 Å². The number of nitrogens with one attached hydrogen (secondary N) is 1. The maximum absolute atomic E-state index is 14.0. The van der Waals surface area contributed by atoms with Gasteiger partial charge in [-0.25, -0.2) is 0 Å². The molecule has 0 saturated carbocycles. The summed E-state index contributed by atoms with van der Waals surface area (Å²) in [7, 11) is 0. The van der Waals surface area contributed by atoms with E-state index in [9.17, 15) is 23.1 Å². The van der Waals surface area contributed by atoms with Crippen molar-refractivity contribution < 1.29 is 28.1 Å². The Hall–Kier alpha value is -1.55. The summed E-state index contributed by atoms with van der Waals surface area (Å²) in [5.41, 5.74) is -3.05. The molecule has 3 rings (SSSR count). The van der Waals surface area contributed by atoms with Gasteiger partial charge in [0, 0.05) is 16.6 Å². The lowest BCUT2D eigenvalue weighted by Crippen LogP contribution is -2.51. The van der Waals surface area contributed by atoms with Crippen LogP contribution < -0.4 is 5.43 Å². The molecule has 148 valence electrons. The van der Waals surface area contributed by atoms with Gasteiger partial charge in [0.25, 0.3) is 0 Å². The van der Waals surface area contributed by atoms with Crippen LogP contribution in [0.1, 0.15) is 31.1 Å². The van der Waals surface area contributed by atoms with Gasteiger partial charge in [0.05, 0.1) is 16.1 Å². The average Bonchev–Trinajstić information content (AvgIpc) is 3.20. The predicted octanol–water partition coefficient (Wildman–Crippen LogP) is 4.51. The van der Waals surface area contributed by atoms with Crippen molar-refractivity contribution in [3.8, 4) is 0 Å². The van der Waals surface area contributed by atoms with Gasteiger partial charge in [0.2, 0.25) is 5.43 Å². The summed E-state index contributed by atoms with van der Waals surface area (Å²) in [6.45, 7) is 2.97. The fraction of sp³-hybridized carbons (Fsp3) is 0.471. The molecule has 0 aromatic carbocycles. The second-order valence-corrected chi connectivity index (χ2v) is 8.35. The molecular weight excluding hydrogens is 407 g/mol. The number of rotatable bonds is 5. The minimum atomic E-state index is -4.91. The third kappa shape index (κ3) is 3.61. The molecule has 0 aliphatic carbocycles. The van der Waals surface area contributed by atoms with Crippen molar-refractivity contribution in [3.63, 3.8) is 0 Å². The number of aromatic amines is 1. The Labute approximate surface area is 161 Å². The highest BCUT2D eigenvalue weighted by Gasteiger charge is 2.60. The number of aromatic nitrogens is 1. The largest absolute Gasteiger partial charge is 0.418 e. The number of halogens is 4. The Morgan fingerprint density at radius 1 is 1.41 bits per heavy atom. The molecule has 2 atom stereocenters. The van der Waals surface area contributed by atoms with Gasteiger partial charge in [-0.15, -0.1) is 11.3 Å². The molecule has 2 unspecified atom stereocenters. The fourth-order valence-electron chi connectivity index (χ4n) is 3.27. The van der Waals surface area contributed by atoms with E-state index in [4.69, 9.17) is 16.5 Å². The lowest BCUT2D eigenvalue weighted by atomic mass is 9.75. The molecule has 27 heavy (non-hydrogen) atoms. The zero-order valence-corrected chi connectivity index (χ0v) is 16.0. The molecule has 5 nitrogen and oxygen atoms in total. The molecule has 0 amide bonds. The van der Waals surface area contributed by atoms with Crippen molar-refractivity contribution in [2.24, 2.45) is 5.92 Å². The van der Waals surface area contributed by atoms with E-state index in [1.54, 1.807) is 13.8 Å². The first-order chi connectivity index (χ1) is 12.5. The molecule has 3 heterocycles. The summed E-state index contributed by atoms with van der Waals surface area (Å²) < 4.78 is 42.2. The molecule has 2 N–H and O–H groups in total. The first-order valence-electron chi connectivity index (χ1n) is 8.11. The lowest BCUT2D eigenvalue weighted by molar-refractivity contribution is -0.271. The van der Waals surface area contributed by atoms with Crippen molar-refractivity contribution in [3.05, 3.63) is 44.2 Å². The molecule has 1 aliphatic rings. The van der Waals surface area contributed by atoms with Gasteiger partial charge in [-0.05, 0) is 18.4 Å². The maximum Gasteiger partial charge on any atom is 0.418 e. The van der Waals surface area contributed by atoms with Crippen molar-refractivity contribution in [1.29, 1.82) is 0 Å². The van der Waals surface area contributed by atoms with E-state index in [2.05, 4.69) is 9.87 Å².